The fourth-order valence-corrected chi connectivity index (χ4v) is 2.96. The third-order valence-corrected chi connectivity index (χ3v) is 3.78. The summed E-state index contributed by atoms with van der Waals surface area (Å²) in [6.07, 6.45) is 1.49. The summed E-state index contributed by atoms with van der Waals surface area (Å²) in [5.41, 5.74) is 3.27. The summed E-state index contributed by atoms with van der Waals surface area (Å²) in [5.74, 6) is 0.845. The van der Waals surface area contributed by atoms with Crippen molar-refractivity contribution in [3.05, 3.63) is 49.8 Å². The average molecular weight is 416 g/mol. The first-order chi connectivity index (χ1) is 9.88. The van der Waals surface area contributed by atoms with Crippen molar-refractivity contribution in [2.75, 3.05) is 0 Å². The van der Waals surface area contributed by atoms with E-state index in [1.54, 1.807) is 6.07 Å². The molecule has 0 atom stereocenters. The summed E-state index contributed by atoms with van der Waals surface area (Å²) in [5, 5.41) is 13.7. The number of benzene rings is 1. The largest absolute Gasteiger partial charge is 0.506 e. The van der Waals surface area contributed by atoms with Crippen LogP contribution in [0.4, 0.5) is 0 Å². The van der Waals surface area contributed by atoms with E-state index in [2.05, 4.69) is 42.4 Å². The normalized spacial score (nSPS) is 11.0. The molecular weight excluding hydrogens is 404 g/mol. The SMILES string of the molecule is Cc1cc(/C=N/NC(=O)c2cc(Br)cc(Br)c2O)c(C)o1. The highest BCUT2D eigenvalue weighted by atomic mass is 79.9. The van der Waals surface area contributed by atoms with Crippen molar-refractivity contribution in [1.82, 2.24) is 5.43 Å². The van der Waals surface area contributed by atoms with Gasteiger partial charge in [-0.05, 0) is 48.0 Å². The molecule has 0 spiro atoms. The number of aromatic hydroxyl groups is 1. The van der Waals surface area contributed by atoms with Gasteiger partial charge < -0.3 is 9.52 Å². The number of nitrogens with zero attached hydrogens (tertiary/aromatic N) is 1. The van der Waals surface area contributed by atoms with Gasteiger partial charge >= 0.3 is 0 Å². The molecule has 0 unspecified atom stereocenters. The Bertz CT molecular complexity index is 723. The topological polar surface area (TPSA) is 74.8 Å². The number of aryl methyl sites for hydroxylation is 2. The van der Waals surface area contributed by atoms with Crippen LogP contribution < -0.4 is 5.43 Å². The van der Waals surface area contributed by atoms with E-state index in [1.807, 2.05) is 19.9 Å². The van der Waals surface area contributed by atoms with E-state index < -0.39 is 5.91 Å². The van der Waals surface area contributed by atoms with E-state index in [9.17, 15) is 9.90 Å². The Balaban J connectivity index is 2.14. The molecular formula is C14H12Br2N2O3. The number of hydrazone groups is 1. The highest BCUT2D eigenvalue weighted by Crippen LogP contribution is 2.31. The van der Waals surface area contributed by atoms with Crippen LogP contribution in [-0.4, -0.2) is 17.2 Å². The minimum Gasteiger partial charge on any atom is -0.506 e. The highest BCUT2D eigenvalue weighted by Gasteiger charge is 2.14. The molecule has 21 heavy (non-hydrogen) atoms. The van der Waals surface area contributed by atoms with E-state index in [-0.39, 0.29) is 11.3 Å². The third-order valence-electron chi connectivity index (χ3n) is 2.72. The number of rotatable bonds is 3. The van der Waals surface area contributed by atoms with E-state index in [0.29, 0.717) is 8.95 Å². The lowest BCUT2D eigenvalue weighted by Crippen LogP contribution is -2.18. The lowest BCUT2D eigenvalue weighted by molar-refractivity contribution is 0.0952. The molecule has 7 heteroatoms. The van der Waals surface area contributed by atoms with Crippen LogP contribution in [0.5, 0.6) is 5.75 Å². The average Bonchev–Trinajstić information content (AvgIpc) is 2.72. The summed E-state index contributed by atoms with van der Waals surface area (Å²) in [4.78, 5) is 12.0. The monoisotopic (exact) mass is 414 g/mol. The predicted octanol–water partition coefficient (Wildman–Crippen LogP) is 3.89. The van der Waals surface area contributed by atoms with E-state index in [1.165, 1.54) is 12.3 Å². The van der Waals surface area contributed by atoms with Gasteiger partial charge in [0.15, 0.2) is 0 Å². The van der Waals surface area contributed by atoms with Crippen molar-refractivity contribution in [2.24, 2.45) is 5.10 Å². The number of phenols is 1. The number of furan rings is 1. The Kier molecular flexibility index (Phi) is 4.84. The Labute approximate surface area is 138 Å². The maximum absolute atomic E-state index is 12.0. The fraction of sp³-hybridized carbons (Fsp3) is 0.143. The molecule has 2 aromatic rings. The maximum Gasteiger partial charge on any atom is 0.275 e. The molecule has 0 aliphatic heterocycles. The van der Waals surface area contributed by atoms with Crippen molar-refractivity contribution >= 4 is 44.0 Å². The van der Waals surface area contributed by atoms with Gasteiger partial charge in [-0.15, -0.1) is 0 Å². The van der Waals surface area contributed by atoms with Crippen molar-refractivity contribution in [1.29, 1.82) is 0 Å². The number of nitrogens with one attached hydrogen (secondary N) is 1. The van der Waals surface area contributed by atoms with Gasteiger partial charge in [0.1, 0.15) is 17.3 Å². The predicted molar refractivity (Wildman–Crippen MR) is 86.7 cm³/mol. The molecule has 2 N–H and O–H groups in total. The Morgan fingerprint density at radius 3 is 2.67 bits per heavy atom. The highest BCUT2D eigenvalue weighted by molar-refractivity contribution is 9.11. The first kappa shape index (κ1) is 15.8. The third kappa shape index (κ3) is 3.74. The second-order valence-corrected chi connectivity index (χ2v) is 6.12. The minimum atomic E-state index is -0.511. The molecule has 0 fully saturated rings. The number of halogens is 2. The van der Waals surface area contributed by atoms with Crippen molar-refractivity contribution in [3.8, 4) is 5.75 Å². The van der Waals surface area contributed by atoms with Gasteiger partial charge in [0.05, 0.1) is 16.3 Å². The zero-order chi connectivity index (χ0) is 15.6. The molecule has 1 amide bonds. The van der Waals surface area contributed by atoms with Crippen LogP contribution in [-0.2, 0) is 0 Å². The summed E-state index contributed by atoms with van der Waals surface area (Å²) in [7, 11) is 0. The van der Waals surface area contributed by atoms with Crippen molar-refractivity contribution < 1.29 is 14.3 Å². The Morgan fingerprint density at radius 2 is 2.05 bits per heavy atom. The molecule has 0 saturated carbocycles. The zero-order valence-electron chi connectivity index (χ0n) is 11.3. The first-order valence-electron chi connectivity index (χ1n) is 5.97. The molecule has 2 rings (SSSR count). The van der Waals surface area contributed by atoms with Gasteiger partial charge in [-0.1, -0.05) is 15.9 Å². The van der Waals surface area contributed by atoms with Crippen LogP contribution in [0.3, 0.4) is 0 Å². The number of hydrogen-bond donors (Lipinski definition) is 2. The minimum absolute atomic E-state index is 0.119. The number of carbonyl (C=O) groups is 1. The van der Waals surface area contributed by atoms with Crippen LogP contribution in [0, 0.1) is 13.8 Å². The van der Waals surface area contributed by atoms with E-state index >= 15 is 0 Å². The van der Waals surface area contributed by atoms with Crippen LogP contribution >= 0.6 is 31.9 Å². The first-order valence-corrected chi connectivity index (χ1v) is 7.55. The molecule has 0 radical (unpaired) electrons. The molecule has 5 nitrogen and oxygen atoms in total. The van der Waals surface area contributed by atoms with Gasteiger partial charge in [-0.2, -0.15) is 5.10 Å². The number of phenolic OH excluding ortho intramolecular Hbond substituents is 1. The summed E-state index contributed by atoms with van der Waals surface area (Å²) >= 11 is 6.43. The lowest BCUT2D eigenvalue weighted by atomic mass is 10.2. The second-order valence-electron chi connectivity index (χ2n) is 4.35. The van der Waals surface area contributed by atoms with E-state index in [0.717, 1.165) is 17.1 Å². The standard InChI is InChI=1S/C14H12Br2N2O3/c1-7-3-9(8(2)21-7)6-17-18-14(20)11-4-10(15)5-12(16)13(11)19/h3-6,19H,1-2H3,(H,18,20)/b17-6+. The smallest absolute Gasteiger partial charge is 0.275 e. The second kappa shape index (κ2) is 6.44. The van der Waals surface area contributed by atoms with Crippen LogP contribution in [0.2, 0.25) is 0 Å². The van der Waals surface area contributed by atoms with Gasteiger partial charge in [0.25, 0.3) is 5.91 Å². The molecule has 0 aliphatic carbocycles. The summed E-state index contributed by atoms with van der Waals surface area (Å²) in [6.45, 7) is 3.65. The van der Waals surface area contributed by atoms with Gasteiger partial charge in [0.2, 0.25) is 0 Å². The van der Waals surface area contributed by atoms with Gasteiger partial charge in [0, 0.05) is 10.0 Å². The number of carbonyl (C=O) groups excluding carboxylic acids is 1. The summed E-state index contributed by atoms with van der Waals surface area (Å²) < 4.78 is 6.44. The maximum atomic E-state index is 12.0. The Morgan fingerprint density at radius 1 is 1.33 bits per heavy atom. The van der Waals surface area contributed by atoms with Crippen molar-refractivity contribution in [3.63, 3.8) is 0 Å². The molecule has 1 aromatic carbocycles. The number of hydrogen-bond acceptors (Lipinski definition) is 4. The zero-order valence-corrected chi connectivity index (χ0v) is 14.4. The van der Waals surface area contributed by atoms with Crippen LogP contribution in [0.15, 0.2) is 36.7 Å². The molecule has 1 heterocycles. The van der Waals surface area contributed by atoms with Gasteiger partial charge in [-0.3, -0.25) is 4.79 Å². The van der Waals surface area contributed by atoms with Crippen LogP contribution in [0.1, 0.15) is 27.4 Å². The van der Waals surface area contributed by atoms with Crippen molar-refractivity contribution in [2.45, 2.75) is 13.8 Å². The molecule has 110 valence electrons. The molecule has 1 aromatic heterocycles. The lowest BCUT2D eigenvalue weighted by Gasteiger charge is -2.05. The molecule has 0 saturated heterocycles. The van der Waals surface area contributed by atoms with E-state index in [4.69, 9.17) is 4.42 Å². The fourth-order valence-electron chi connectivity index (χ4n) is 1.74. The molecule has 0 bridgehead atoms. The van der Waals surface area contributed by atoms with Gasteiger partial charge in [-0.25, -0.2) is 5.43 Å². The quantitative estimate of drug-likeness (QED) is 0.589. The molecule has 0 aliphatic rings. The number of amides is 1. The van der Waals surface area contributed by atoms with Crippen LogP contribution in [0.25, 0.3) is 0 Å². The summed E-state index contributed by atoms with van der Waals surface area (Å²) in [6, 6.07) is 4.98. The Hall–Kier alpha value is -1.60.